The van der Waals surface area contributed by atoms with Gasteiger partial charge in [0.25, 0.3) is 0 Å². The maximum atomic E-state index is 13.2. The molecule has 0 unspecified atom stereocenters. The Morgan fingerprint density at radius 2 is 1.70 bits per heavy atom. The number of carbonyl (C=O) groups is 1. The van der Waals surface area contributed by atoms with Gasteiger partial charge in [0.1, 0.15) is 0 Å². The molecule has 1 amide bonds. The van der Waals surface area contributed by atoms with Crippen molar-refractivity contribution in [3.63, 3.8) is 0 Å². The molecule has 3 aromatic rings. The Balaban J connectivity index is 0.00000256. The van der Waals surface area contributed by atoms with Gasteiger partial charge in [-0.25, -0.2) is 9.67 Å². The lowest BCUT2D eigenvalue weighted by Crippen LogP contribution is -2.51. The van der Waals surface area contributed by atoms with Crippen molar-refractivity contribution in [3.05, 3.63) is 72.1 Å². The fraction of sp³-hybridized carbons (Fsp3) is 0.348. The van der Waals surface area contributed by atoms with Gasteiger partial charge in [-0.15, -0.1) is 12.4 Å². The van der Waals surface area contributed by atoms with Crippen molar-refractivity contribution in [1.82, 2.24) is 19.7 Å². The van der Waals surface area contributed by atoms with Crippen LogP contribution in [0.15, 0.2) is 60.7 Å². The van der Waals surface area contributed by atoms with Gasteiger partial charge < -0.3 is 10.6 Å². The van der Waals surface area contributed by atoms with Gasteiger partial charge in [-0.1, -0.05) is 74.5 Å². The third-order valence-corrected chi connectivity index (χ3v) is 5.42. The maximum absolute atomic E-state index is 13.2. The minimum Gasteiger partial charge on any atom is -0.329 e. The quantitative estimate of drug-likeness (QED) is 0.678. The third kappa shape index (κ3) is 4.40. The van der Waals surface area contributed by atoms with Crippen LogP contribution in [-0.2, 0) is 17.8 Å². The number of carbonyl (C=O) groups excluding carboxylic acids is 1. The molecule has 0 aliphatic carbocycles. The Kier molecular flexibility index (Phi) is 6.90. The van der Waals surface area contributed by atoms with E-state index < -0.39 is 6.04 Å². The van der Waals surface area contributed by atoms with E-state index >= 15 is 0 Å². The van der Waals surface area contributed by atoms with Crippen molar-refractivity contribution in [2.45, 2.75) is 38.9 Å². The van der Waals surface area contributed by atoms with Crippen molar-refractivity contribution < 1.29 is 4.79 Å². The Labute approximate surface area is 183 Å². The predicted molar refractivity (Wildman–Crippen MR) is 120 cm³/mol. The van der Waals surface area contributed by atoms with Gasteiger partial charge in [0.05, 0.1) is 18.6 Å². The molecule has 1 aliphatic heterocycles. The molecule has 6 nitrogen and oxygen atoms in total. The molecule has 1 aliphatic rings. The Bertz CT molecular complexity index is 974. The lowest BCUT2D eigenvalue weighted by Gasteiger charge is -2.38. The molecule has 0 saturated carbocycles. The van der Waals surface area contributed by atoms with E-state index in [-0.39, 0.29) is 30.3 Å². The third-order valence-electron chi connectivity index (χ3n) is 5.42. The van der Waals surface area contributed by atoms with Crippen LogP contribution in [0.1, 0.15) is 31.3 Å². The standard InChI is InChI=1S/C23H27N5O.ClH/c1-16(2)20-22-25-21(18-11-7-4-8-12-18)26-28(22)14-13-27(20)23(29)19(24)15-17-9-5-3-6-10-17;/h3-12,16,19-20H,13-15,24H2,1-2H3;1H/t19-,20-;/m0./s1. The minimum absolute atomic E-state index is 0. The molecule has 1 aromatic heterocycles. The second kappa shape index (κ2) is 9.41. The van der Waals surface area contributed by atoms with E-state index in [2.05, 4.69) is 13.8 Å². The second-order valence-corrected chi connectivity index (χ2v) is 7.90. The molecule has 2 heterocycles. The van der Waals surface area contributed by atoms with Gasteiger partial charge in [-0.2, -0.15) is 5.10 Å². The number of hydrogen-bond donors (Lipinski definition) is 1. The Hall–Kier alpha value is -2.70. The first-order chi connectivity index (χ1) is 14.0. The van der Waals surface area contributed by atoms with Crippen molar-refractivity contribution in [1.29, 1.82) is 0 Å². The molecule has 2 N–H and O–H groups in total. The van der Waals surface area contributed by atoms with Crippen LogP contribution in [0.5, 0.6) is 0 Å². The van der Waals surface area contributed by atoms with Gasteiger partial charge in [0.15, 0.2) is 11.6 Å². The second-order valence-electron chi connectivity index (χ2n) is 7.90. The molecular formula is C23H28ClN5O. The number of amides is 1. The minimum atomic E-state index is -0.568. The number of fused-ring (bicyclic) bond motifs is 1. The van der Waals surface area contributed by atoms with Gasteiger partial charge in [-0.3, -0.25) is 4.79 Å². The number of nitrogens with zero attached hydrogens (tertiary/aromatic N) is 4. The molecule has 158 valence electrons. The van der Waals surface area contributed by atoms with E-state index in [0.29, 0.717) is 25.3 Å². The van der Waals surface area contributed by atoms with Gasteiger partial charge in [0, 0.05) is 12.1 Å². The number of halogens is 1. The Morgan fingerprint density at radius 3 is 2.33 bits per heavy atom. The summed E-state index contributed by atoms with van der Waals surface area (Å²) in [6.07, 6.45) is 0.531. The summed E-state index contributed by atoms with van der Waals surface area (Å²) in [4.78, 5) is 20.0. The molecule has 2 atom stereocenters. The first-order valence-electron chi connectivity index (χ1n) is 10.1. The zero-order chi connectivity index (χ0) is 20.4. The first kappa shape index (κ1) is 22.0. The van der Waals surface area contributed by atoms with E-state index in [0.717, 1.165) is 17.0 Å². The summed E-state index contributed by atoms with van der Waals surface area (Å²) in [5, 5.41) is 4.70. The van der Waals surface area contributed by atoms with E-state index in [4.69, 9.17) is 15.8 Å². The number of rotatable bonds is 5. The van der Waals surface area contributed by atoms with Crippen LogP contribution in [0.3, 0.4) is 0 Å². The highest BCUT2D eigenvalue weighted by atomic mass is 35.5. The van der Waals surface area contributed by atoms with Gasteiger partial charge in [0.2, 0.25) is 5.91 Å². The van der Waals surface area contributed by atoms with E-state index in [1.165, 1.54) is 0 Å². The number of nitrogens with two attached hydrogens (primary N) is 1. The SMILES string of the molecule is CC(C)[C@H]1c2nc(-c3ccccc3)nn2CCN1C(=O)[C@@H](N)Cc1ccccc1.Cl. The average Bonchev–Trinajstić information content (AvgIpc) is 3.18. The van der Waals surface area contributed by atoms with Gasteiger partial charge in [-0.05, 0) is 17.9 Å². The summed E-state index contributed by atoms with van der Waals surface area (Å²) < 4.78 is 1.94. The topological polar surface area (TPSA) is 77.0 Å². The van der Waals surface area contributed by atoms with Crippen LogP contribution in [0.2, 0.25) is 0 Å². The van der Waals surface area contributed by atoms with Crippen molar-refractivity contribution in [2.75, 3.05) is 6.54 Å². The largest absolute Gasteiger partial charge is 0.329 e. The highest BCUT2D eigenvalue weighted by molar-refractivity contribution is 5.85. The summed E-state index contributed by atoms with van der Waals surface area (Å²) >= 11 is 0. The molecule has 30 heavy (non-hydrogen) atoms. The summed E-state index contributed by atoms with van der Waals surface area (Å²) in [6, 6.07) is 19.2. The molecular weight excluding hydrogens is 398 g/mol. The fourth-order valence-corrected chi connectivity index (χ4v) is 4.00. The molecule has 7 heteroatoms. The molecule has 0 saturated heterocycles. The molecule has 0 radical (unpaired) electrons. The average molecular weight is 426 g/mol. The van der Waals surface area contributed by atoms with Crippen molar-refractivity contribution in [2.24, 2.45) is 11.7 Å². The van der Waals surface area contributed by atoms with Crippen LogP contribution in [0.25, 0.3) is 11.4 Å². The number of aromatic nitrogens is 3. The normalized spacial score (nSPS) is 16.7. The Morgan fingerprint density at radius 1 is 1.07 bits per heavy atom. The van der Waals surface area contributed by atoms with Crippen LogP contribution < -0.4 is 5.73 Å². The van der Waals surface area contributed by atoms with E-state index in [1.807, 2.05) is 70.2 Å². The number of benzene rings is 2. The van der Waals surface area contributed by atoms with Crippen LogP contribution in [-0.4, -0.2) is 38.2 Å². The summed E-state index contributed by atoms with van der Waals surface area (Å²) in [6.45, 7) is 5.44. The zero-order valence-electron chi connectivity index (χ0n) is 17.3. The fourth-order valence-electron chi connectivity index (χ4n) is 4.00. The van der Waals surface area contributed by atoms with Crippen LogP contribution in [0.4, 0.5) is 0 Å². The molecule has 0 fully saturated rings. The highest BCUT2D eigenvalue weighted by Crippen LogP contribution is 2.32. The van der Waals surface area contributed by atoms with Crippen molar-refractivity contribution in [3.8, 4) is 11.4 Å². The highest BCUT2D eigenvalue weighted by Gasteiger charge is 2.37. The van der Waals surface area contributed by atoms with Crippen LogP contribution in [0, 0.1) is 5.92 Å². The van der Waals surface area contributed by atoms with Gasteiger partial charge >= 0.3 is 0 Å². The molecule has 4 rings (SSSR count). The lowest BCUT2D eigenvalue weighted by molar-refractivity contribution is -0.137. The zero-order valence-corrected chi connectivity index (χ0v) is 18.1. The smallest absolute Gasteiger partial charge is 0.240 e. The monoisotopic (exact) mass is 425 g/mol. The van der Waals surface area contributed by atoms with Crippen LogP contribution >= 0.6 is 12.4 Å². The molecule has 0 bridgehead atoms. The first-order valence-corrected chi connectivity index (χ1v) is 10.1. The molecule has 2 aromatic carbocycles. The molecule has 0 spiro atoms. The predicted octanol–water partition coefficient (Wildman–Crippen LogP) is 3.48. The maximum Gasteiger partial charge on any atom is 0.240 e. The lowest BCUT2D eigenvalue weighted by atomic mass is 9.97. The number of hydrogen-bond acceptors (Lipinski definition) is 4. The van der Waals surface area contributed by atoms with Crippen molar-refractivity contribution >= 4 is 18.3 Å². The summed E-state index contributed by atoms with van der Waals surface area (Å²) in [5.41, 5.74) is 8.38. The summed E-state index contributed by atoms with van der Waals surface area (Å²) in [7, 11) is 0. The summed E-state index contributed by atoms with van der Waals surface area (Å²) in [5.74, 6) is 1.72. The van der Waals surface area contributed by atoms with E-state index in [9.17, 15) is 4.79 Å². The van der Waals surface area contributed by atoms with E-state index in [1.54, 1.807) is 0 Å².